The SMILES string of the molecule is COc1ccc(CN(C(=O)CCc2nc3sc4c(c3c(=O)[nH]2)CCCC4)C2CC2)cc1. The van der Waals surface area contributed by atoms with Gasteiger partial charge >= 0.3 is 0 Å². The quantitative estimate of drug-likeness (QED) is 0.606. The minimum atomic E-state index is -0.0517. The van der Waals surface area contributed by atoms with Crippen LogP contribution < -0.4 is 10.3 Å². The first-order valence-corrected chi connectivity index (χ1v) is 11.9. The first kappa shape index (κ1) is 20.2. The number of rotatable bonds is 7. The van der Waals surface area contributed by atoms with Crippen LogP contribution in [0.1, 0.15) is 53.9 Å². The number of amides is 1. The van der Waals surface area contributed by atoms with Gasteiger partial charge in [-0.3, -0.25) is 9.59 Å². The molecule has 162 valence electrons. The number of aryl methyl sites for hydroxylation is 3. The molecular formula is C24H27N3O3S. The zero-order valence-electron chi connectivity index (χ0n) is 17.8. The highest BCUT2D eigenvalue weighted by molar-refractivity contribution is 7.18. The van der Waals surface area contributed by atoms with Gasteiger partial charge in [-0.1, -0.05) is 12.1 Å². The van der Waals surface area contributed by atoms with Crippen molar-refractivity contribution in [2.75, 3.05) is 7.11 Å². The highest BCUT2D eigenvalue weighted by Crippen LogP contribution is 2.33. The number of ether oxygens (including phenoxy) is 1. The smallest absolute Gasteiger partial charge is 0.259 e. The van der Waals surface area contributed by atoms with Crippen molar-refractivity contribution < 1.29 is 9.53 Å². The molecule has 0 radical (unpaired) electrons. The predicted molar refractivity (Wildman–Crippen MR) is 122 cm³/mol. The number of nitrogens with zero attached hydrogens (tertiary/aromatic N) is 2. The van der Waals surface area contributed by atoms with Gasteiger partial charge in [-0.2, -0.15) is 0 Å². The Labute approximate surface area is 185 Å². The zero-order chi connectivity index (χ0) is 21.4. The van der Waals surface area contributed by atoms with Crippen LogP contribution >= 0.6 is 11.3 Å². The molecule has 2 aliphatic carbocycles. The molecule has 0 bridgehead atoms. The molecule has 6 nitrogen and oxygen atoms in total. The van der Waals surface area contributed by atoms with E-state index in [0.29, 0.717) is 31.3 Å². The Kier molecular flexibility index (Phi) is 5.52. The highest BCUT2D eigenvalue weighted by Gasteiger charge is 2.32. The van der Waals surface area contributed by atoms with Crippen LogP contribution in [0.3, 0.4) is 0 Å². The fraction of sp³-hybridized carbons (Fsp3) is 0.458. The number of aromatic nitrogens is 2. The van der Waals surface area contributed by atoms with Crippen molar-refractivity contribution in [1.82, 2.24) is 14.9 Å². The van der Waals surface area contributed by atoms with Gasteiger partial charge in [0.1, 0.15) is 16.4 Å². The van der Waals surface area contributed by atoms with Crippen molar-refractivity contribution in [3.8, 4) is 5.75 Å². The summed E-state index contributed by atoms with van der Waals surface area (Å²) >= 11 is 1.65. The Morgan fingerprint density at radius 1 is 1.23 bits per heavy atom. The van der Waals surface area contributed by atoms with Crippen LogP contribution in [0.5, 0.6) is 5.75 Å². The third-order valence-corrected chi connectivity index (χ3v) is 7.46. The molecule has 3 aromatic rings. The average molecular weight is 438 g/mol. The topological polar surface area (TPSA) is 75.3 Å². The molecule has 0 unspecified atom stereocenters. The summed E-state index contributed by atoms with van der Waals surface area (Å²) in [7, 11) is 1.65. The van der Waals surface area contributed by atoms with Crippen molar-refractivity contribution >= 4 is 27.5 Å². The van der Waals surface area contributed by atoms with Gasteiger partial charge in [-0.15, -0.1) is 11.3 Å². The number of fused-ring (bicyclic) bond motifs is 3. The van der Waals surface area contributed by atoms with Crippen LogP contribution in [0, 0.1) is 0 Å². The molecule has 1 N–H and O–H groups in total. The van der Waals surface area contributed by atoms with Crippen LogP contribution in [-0.2, 0) is 30.6 Å². The molecule has 2 aliphatic rings. The van der Waals surface area contributed by atoms with Gasteiger partial charge in [0.25, 0.3) is 5.56 Å². The highest BCUT2D eigenvalue weighted by atomic mass is 32.1. The van der Waals surface area contributed by atoms with Crippen molar-refractivity contribution in [3.05, 3.63) is 56.4 Å². The number of nitrogens with one attached hydrogen (secondary N) is 1. The van der Waals surface area contributed by atoms with Gasteiger partial charge in [-0.05, 0) is 61.8 Å². The molecule has 5 rings (SSSR count). The molecular weight excluding hydrogens is 410 g/mol. The van der Waals surface area contributed by atoms with E-state index in [1.54, 1.807) is 18.4 Å². The lowest BCUT2D eigenvalue weighted by atomic mass is 9.97. The number of hydrogen-bond donors (Lipinski definition) is 1. The Bertz CT molecular complexity index is 1160. The number of H-pyrrole nitrogens is 1. The van der Waals surface area contributed by atoms with Gasteiger partial charge in [0, 0.05) is 30.3 Å². The first-order valence-electron chi connectivity index (χ1n) is 11.1. The van der Waals surface area contributed by atoms with Gasteiger partial charge < -0.3 is 14.6 Å². The van der Waals surface area contributed by atoms with Crippen molar-refractivity contribution in [2.24, 2.45) is 0 Å². The number of aromatic amines is 1. The van der Waals surface area contributed by atoms with Crippen LogP contribution in [0.25, 0.3) is 10.2 Å². The minimum Gasteiger partial charge on any atom is -0.497 e. The maximum absolute atomic E-state index is 13.0. The lowest BCUT2D eigenvalue weighted by Gasteiger charge is -2.22. The summed E-state index contributed by atoms with van der Waals surface area (Å²) in [5.74, 6) is 1.55. The summed E-state index contributed by atoms with van der Waals surface area (Å²) in [6.45, 7) is 0.605. The second-order valence-corrected chi connectivity index (χ2v) is 9.59. The van der Waals surface area contributed by atoms with Gasteiger partial charge in [0.2, 0.25) is 5.91 Å². The fourth-order valence-corrected chi connectivity index (χ4v) is 5.71. The summed E-state index contributed by atoms with van der Waals surface area (Å²) in [4.78, 5) is 37.5. The Morgan fingerprint density at radius 2 is 2.00 bits per heavy atom. The minimum absolute atomic E-state index is 0.0517. The third kappa shape index (κ3) is 4.24. The summed E-state index contributed by atoms with van der Waals surface area (Å²) in [6, 6.07) is 8.19. The Balaban J connectivity index is 1.29. The number of methoxy groups -OCH3 is 1. The second-order valence-electron chi connectivity index (χ2n) is 8.50. The molecule has 1 saturated carbocycles. The predicted octanol–water partition coefficient (Wildman–Crippen LogP) is 4.00. The second kappa shape index (κ2) is 8.46. The number of thiophene rings is 1. The van der Waals surface area contributed by atoms with Crippen molar-refractivity contribution in [3.63, 3.8) is 0 Å². The molecule has 7 heteroatoms. The molecule has 1 fully saturated rings. The lowest BCUT2D eigenvalue weighted by molar-refractivity contribution is -0.132. The number of benzene rings is 1. The molecule has 0 aliphatic heterocycles. The molecule has 1 amide bonds. The maximum atomic E-state index is 13.0. The van der Waals surface area contributed by atoms with Crippen LogP contribution in [0.2, 0.25) is 0 Å². The molecule has 31 heavy (non-hydrogen) atoms. The van der Waals surface area contributed by atoms with Crippen molar-refractivity contribution in [1.29, 1.82) is 0 Å². The van der Waals surface area contributed by atoms with Gasteiger partial charge in [-0.25, -0.2) is 4.98 Å². The van der Waals surface area contributed by atoms with E-state index in [1.807, 2.05) is 29.2 Å². The summed E-state index contributed by atoms with van der Waals surface area (Å²) in [6.07, 6.45) is 7.27. The number of hydrogen-bond acceptors (Lipinski definition) is 5. The summed E-state index contributed by atoms with van der Waals surface area (Å²) in [5.41, 5.74) is 2.24. The van der Waals surface area contributed by atoms with E-state index < -0.39 is 0 Å². The lowest BCUT2D eigenvalue weighted by Crippen LogP contribution is -2.33. The average Bonchev–Trinajstić information content (AvgIpc) is 3.55. The molecule has 0 atom stereocenters. The maximum Gasteiger partial charge on any atom is 0.259 e. The Hall–Kier alpha value is -2.67. The molecule has 1 aromatic carbocycles. The first-order chi connectivity index (χ1) is 15.1. The molecule has 2 heterocycles. The van der Waals surface area contributed by atoms with E-state index >= 15 is 0 Å². The monoisotopic (exact) mass is 437 g/mol. The van der Waals surface area contributed by atoms with E-state index in [2.05, 4.69) is 4.98 Å². The van der Waals surface area contributed by atoms with Gasteiger partial charge in [0.05, 0.1) is 12.5 Å². The van der Waals surface area contributed by atoms with Crippen LogP contribution in [0.15, 0.2) is 29.1 Å². The van der Waals surface area contributed by atoms with Crippen LogP contribution in [0.4, 0.5) is 0 Å². The third-order valence-electron chi connectivity index (χ3n) is 6.27. The Morgan fingerprint density at radius 3 is 2.74 bits per heavy atom. The molecule has 0 spiro atoms. The van der Waals surface area contributed by atoms with E-state index in [1.165, 1.54) is 16.9 Å². The normalized spacial score (nSPS) is 15.6. The molecule has 2 aromatic heterocycles. The number of carbonyl (C=O) groups is 1. The molecule has 0 saturated heterocycles. The standard InChI is InChI=1S/C24H27N3O3S/c1-30-17-10-6-15(7-11-17)14-27(16-8-9-16)21(28)13-12-20-25-23(29)22-18-4-2-3-5-19(18)31-24(22)26-20/h6-7,10-11,16H,2-5,8-9,12-14H2,1H3,(H,25,26,29). The van der Waals surface area contributed by atoms with Crippen LogP contribution in [-0.4, -0.2) is 33.9 Å². The summed E-state index contributed by atoms with van der Waals surface area (Å²) in [5, 5.41) is 0.772. The zero-order valence-corrected chi connectivity index (χ0v) is 18.6. The fourth-order valence-electron chi connectivity index (χ4n) is 4.43. The van der Waals surface area contributed by atoms with E-state index in [9.17, 15) is 9.59 Å². The summed E-state index contributed by atoms with van der Waals surface area (Å²) < 4.78 is 5.22. The largest absolute Gasteiger partial charge is 0.497 e. The van der Waals surface area contributed by atoms with E-state index in [4.69, 9.17) is 9.72 Å². The van der Waals surface area contributed by atoms with E-state index in [-0.39, 0.29) is 11.5 Å². The van der Waals surface area contributed by atoms with Gasteiger partial charge in [0.15, 0.2) is 0 Å². The number of carbonyl (C=O) groups excluding carboxylic acids is 1. The van der Waals surface area contributed by atoms with E-state index in [0.717, 1.165) is 53.6 Å². The van der Waals surface area contributed by atoms with Crippen molar-refractivity contribution in [2.45, 2.75) is 64.0 Å².